The number of aryl methyl sites for hydroxylation is 1. The van der Waals surface area contributed by atoms with Crippen molar-refractivity contribution in [3.63, 3.8) is 0 Å². The molecule has 21 heavy (non-hydrogen) atoms. The number of halogens is 1. The summed E-state index contributed by atoms with van der Waals surface area (Å²) in [6, 6.07) is 3.40. The maximum Gasteiger partial charge on any atom is 0.260 e. The fourth-order valence-corrected chi connectivity index (χ4v) is 2.68. The van der Waals surface area contributed by atoms with E-state index in [-0.39, 0.29) is 29.4 Å². The summed E-state index contributed by atoms with van der Waals surface area (Å²) < 4.78 is 0. The maximum atomic E-state index is 12.3. The van der Waals surface area contributed by atoms with Gasteiger partial charge >= 0.3 is 0 Å². The van der Waals surface area contributed by atoms with Gasteiger partial charge in [-0.15, -0.1) is 12.4 Å². The normalized spacial score (nSPS) is 15.6. The largest absolute Gasteiger partial charge is 0.338 e. The molecule has 118 valence electrons. The molecule has 1 saturated heterocycles. The third-order valence-electron chi connectivity index (χ3n) is 3.99. The number of aromatic amines is 1. The van der Waals surface area contributed by atoms with Crippen molar-refractivity contribution < 1.29 is 4.79 Å². The molecule has 0 atom stereocenters. The first-order valence-electron chi connectivity index (χ1n) is 7.25. The van der Waals surface area contributed by atoms with Gasteiger partial charge in [-0.05, 0) is 57.8 Å². The molecule has 1 aromatic heterocycles. The second kappa shape index (κ2) is 8.20. The van der Waals surface area contributed by atoms with Crippen LogP contribution in [0.25, 0.3) is 0 Å². The Hall–Kier alpha value is -1.33. The molecule has 0 radical (unpaired) electrons. The van der Waals surface area contributed by atoms with Crippen molar-refractivity contribution in [3.8, 4) is 0 Å². The number of carbonyl (C=O) groups is 1. The molecule has 2 rings (SSSR count). The first kappa shape index (κ1) is 17.7. The number of carbonyl (C=O) groups excluding carboxylic acids is 1. The smallest absolute Gasteiger partial charge is 0.260 e. The van der Waals surface area contributed by atoms with Crippen LogP contribution in [0, 0.1) is 12.8 Å². The highest BCUT2D eigenvalue weighted by molar-refractivity contribution is 5.93. The van der Waals surface area contributed by atoms with Gasteiger partial charge in [0.05, 0.1) is 0 Å². The summed E-state index contributed by atoms with van der Waals surface area (Å²) in [6.45, 7) is 4.33. The Morgan fingerprint density at radius 2 is 2.05 bits per heavy atom. The van der Waals surface area contributed by atoms with E-state index in [1.165, 1.54) is 0 Å². The van der Waals surface area contributed by atoms with Gasteiger partial charge in [-0.2, -0.15) is 0 Å². The summed E-state index contributed by atoms with van der Waals surface area (Å²) in [4.78, 5) is 28.7. The number of H-pyrrole nitrogens is 1. The number of piperidine rings is 1. The van der Waals surface area contributed by atoms with Crippen LogP contribution >= 0.6 is 12.4 Å². The van der Waals surface area contributed by atoms with Gasteiger partial charge in [0.1, 0.15) is 5.56 Å². The van der Waals surface area contributed by atoms with Crippen LogP contribution < -0.4 is 10.9 Å². The summed E-state index contributed by atoms with van der Waals surface area (Å²) >= 11 is 0. The summed E-state index contributed by atoms with van der Waals surface area (Å²) in [5.41, 5.74) is 0.744. The molecule has 0 aliphatic carbocycles. The third kappa shape index (κ3) is 4.58. The number of likely N-dealkylation sites (tertiary alicyclic amines) is 1. The predicted octanol–water partition coefficient (Wildman–Crippen LogP) is 1.57. The third-order valence-corrected chi connectivity index (χ3v) is 3.99. The Balaban J connectivity index is 0.00000220. The molecule has 2 heterocycles. The van der Waals surface area contributed by atoms with Gasteiger partial charge in [-0.25, -0.2) is 0 Å². The molecular weight excluding hydrogens is 290 g/mol. The highest BCUT2D eigenvalue weighted by Crippen LogP contribution is 2.20. The van der Waals surface area contributed by atoms with Gasteiger partial charge in [-0.1, -0.05) is 0 Å². The number of hydrogen-bond donors (Lipinski definition) is 2. The Labute approximate surface area is 131 Å². The van der Waals surface area contributed by atoms with Crippen LogP contribution in [0.15, 0.2) is 16.9 Å². The van der Waals surface area contributed by atoms with E-state index in [9.17, 15) is 9.59 Å². The van der Waals surface area contributed by atoms with Crippen LogP contribution in [-0.2, 0) is 0 Å². The molecule has 1 aliphatic rings. The topological polar surface area (TPSA) is 65.2 Å². The van der Waals surface area contributed by atoms with Crippen LogP contribution in [0.4, 0.5) is 0 Å². The van der Waals surface area contributed by atoms with Crippen LogP contribution in [0.1, 0.15) is 35.3 Å². The van der Waals surface area contributed by atoms with E-state index < -0.39 is 0 Å². The van der Waals surface area contributed by atoms with E-state index in [4.69, 9.17) is 0 Å². The van der Waals surface area contributed by atoms with Gasteiger partial charge in [0.25, 0.3) is 11.5 Å². The zero-order valence-electron chi connectivity index (χ0n) is 12.6. The van der Waals surface area contributed by atoms with E-state index in [1.54, 1.807) is 17.0 Å². The first-order valence-corrected chi connectivity index (χ1v) is 7.25. The lowest BCUT2D eigenvalue weighted by atomic mass is 9.93. The van der Waals surface area contributed by atoms with Gasteiger partial charge in [0.2, 0.25) is 0 Å². The number of pyridine rings is 1. The minimum absolute atomic E-state index is 0. The summed E-state index contributed by atoms with van der Waals surface area (Å²) in [5.74, 6) is 0.543. The summed E-state index contributed by atoms with van der Waals surface area (Å²) in [6.07, 6.45) is 3.21. The number of hydrogen-bond acceptors (Lipinski definition) is 3. The van der Waals surface area contributed by atoms with E-state index >= 15 is 0 Å². The SMILES string of the molecule is CNCCC1CCN(C(=O)c2ccc(C)[nH]c2=O)CC1.Cl. The summed E-state index contributed by atoms with van der Waals surface area (Å²) in [7, 11) is 1.96. The number of nitrogens with zero attached hydrogens (tertiary/aromatic N) is 1. The number of nitrogens with one attached hydrogen (secondary N) is 2. The maximum absolute atomic E-state index is 12.3. The second-order valence-electron chi connectivity index (χ2n) is 5.51. The average molecular weight is 314 g/mol. The van der Waals surface area contributed by atoms with E-state index in [1.807, 2.05) is 14.0 Å². The van der Waals surface area contributed by atoms with E-state index in [2.05, 4.69) is 10.3 Å². The molecule has 6 heteroatoms. The fraction of sp³-hybridized carbons (Fsp3) is 0.600. The molecule has 5 nitrogen and oxygen atoms in total. The van der Waals surface area contributed by atoms with E-state index in [0.717, 1.165) is 44.6 Å². The lowest BCUT2D eigenvalue weighted by molar-refractivity contribution is 0.0685. The van der Waals surface area contributed by atoms with E-state index in [0.29, 0.717) is 5.92 Å². The first-order chi connectivity index (χ1) is 9.61. The molecule has 2 N–H and O–H groups in total. The molecule has 0 spiro atoms. The Morgan fingerprint density at radius 3 is 2.62 bits per heavy atom. The van der Waals surface area contributed by atoms with Crippen LogP contribution in [0.2, 0.25) is 0 Å². The number of amides is 1. The molecule has 0 aromatic carbocycles. The molecule has 0 unspecified atom stereocenters. The van der Waals surface area contributed by atoms with Crippen molar-refractivity contribution in [1.82, 2.24) is 15.2 Å². The highest BCUT2D eigenvalue weighted by Gasteiger charge is 2.24. The van der Waals surface area contributed by atoms with Crippen molar-refractivity contribution in [1.29, 1.82) is 0 Å². The van der Waals surface area contributed by atoms with Crippen LogP contribution in [-0.4, -0.2) is 42.5 Å². The van der Waals surface area contributed by atoms with Crippen molar-refractivity contribution in [3.05, 3.63) is 33.7 Å². The minimum atomic E-state index is -0.285. The Morgan fingerprint density at radius 1 is 1.38 bits per heavy atom. The molecule has 0 saturated carbocycles. The van der Waals surface area contributed by atoms with Crippen molar-refractivity contribution in [2.75, 3.05) is 26.7 Å². The molecule has 1 fully saturated rings. The molecule has 0 bridgehead atoms. The molecule has 1 aliphatic heterocycles. The Bertz CT molecular complexity index is 522. The monoisotopic (exact) mass is 313 g/mol. The molecule has 1 aromatic rings. The lowest BCUT2D eigenvalue weighted by Crippen LogP contribution is -2.41. The Kier molecular flexibility index (Phi) is 6.92. The standard InChI is InChI=1S/C15H23N3O2.ClH/c1-11-3-4-13(14(19)17-11)15(20)18-9-6-12(7-10-18)5-8-16-2;/h3-4,12,16H,5-10H2,1-2H3,(H,17,19);1H. The van der Waals surface area contributed by atoms with Gasteiger partial charge in [0.15, 0.2) is 0 Å². The minimum Gasteiger partial charge on any atom is -0.338 e. The quantitative estimate of drug-likeness (QED) is 0.887. The highest BCUT2D eigenvalue weighted by atomic mass is 35.5. The number of rotatable bonds is 4. The van der Waals surface area contributed by atoms with Gasteiger partial charge in [0, 0.05) is 18.8 Å². The predicted molar refractivity (Wildman–Crippen MR) is 86.2 cm³/mol. The average Bonchev–Trinajstić information content (AvgIpc) is 2.45. The summed E-state index contributed by atoms with van der Waals surface area (Å²) in [5, 5.41) is 3.16. The number of aromatic nitrogens is 1. The van der Waals surface area contributed by atoms with Crippen molar-refractivity contribution in [2.24, 2.45) is 5.92 Å². The lowest BCUT2D eigenvalue weighted by Gasteiger charge is -2.31. The van der Waals surface area contributed by atoms with Gasteiger partial charge in [-0.3, -0.25) is 9.59 Å². The van der Waals surface area contributed by atoms with Gasteiger partial charge < -0.3 is 15.2 Å². The molecular formula is C15H24ClN3O2. The fourth-order valence-electron chi connectivity index (χ4n) is 2.68. The van der Waals surface area contributed by atoms with Crippen LogP contribution in [0.3, 0.4) is 0 Å². The zero-order valence-corrected chi connectivity index (χ0v) is 13.5. The van der Waals surface area contributed by atoms with Crippen molar-refractivity contribution in [2.45, 2.75) is 26.2 Å². The van der Waals surface area contributed by atoms with Crippen LogP contribution in [0.5, 0.6) is 0 Å². The zero-order chi connectivity index (χ0) is 14.5. The second-order valence-corrected chi connectivity index (χ2v) is 5.51. The van der Waals surface area contributed by atoms with Crippen molar-refractivity contribution >= 4 is 18.3 Å². The molecule has 1 amide bonds.